The SMILES string of the molecule is O=C(CC(=O)c1cc(Br)ccc1O)c1ccc([N+](=O)[O-])cc1. The molecule has 22 heavy (non-hydrogen) atoms. The number of aromatic hydroxyl groups is 1. The Morgan fingerprint density at radius 3 is 2.32 bits per heavy atom. The molecular weight excluding hydrogens is 354 g/mol. The number of carbonyl (C=O) groups excluding carboxylic acids is 2. The average Bonchev–Trinajstić information content (AvgIpc) is 2.49. The van der Waals surface area contributed by atoms with Crippen molar-refractivity contribution in [2.24, 2.45) is 0 Å². The van der Waals surface area contributed by atoms with E-state index in [1.807, 2.05) is 0 Å². The third-order valence-electron chi connectivity index (χ3n) is 2.98. The molecule has 2 rings (SSSR count). The van der Waals surface area contributed by atoms with Crippen LogP contribution in [0, 0.1) is 10.1 Å². The fourth-order valence-electron chi connectivity index (χ4n) is 1.84. The molecule has 2 aromatic carbocycles. The number of Topliss-reactive ketones (excluding diaryl/α,β-unsaturated/α-hetero) is 2. The van der Waals surface area contributed by atoms with Gasteiger partial charge in [0.15, 0.2) is 11.6 Å². The van der Waals surface area contributed by atoms with E-state index < -0.39 is 22.9 Å². The lowest BCUT2D eigenvalue weighted by Crippen LogP contribution is -2.09. The van der Waals surface area contributed by atoms with E-state index in [9.17, 15) is 24.8 Å². The van der Waals surface area contributed by atoms with Crippen LogP contribution in [0.5, 0.6) is 5.75 Å². The molecule has 0 radical (unpaired) electrons. The van der Waals surface area contributed by atoms with Crippen molar-refractivity contribution >= 4 is 33.2 Å². The minimum Gasteiger partial charge on any atom is -0.507 e. The first-order valence-electron chi connectivity index (χ1n) is 6.18. The molecule has 0 heterocycles. The van der Waals surface area contributed by atoms with Crippen LogP contribution in [-0.2, 0) is 0 Å². The zero-order valence-electron chi connectivity index (χ0n) is 11.2. The van der Waals surface area contributed by atoms with E-state index in [0.29, 0.717) is 4.47 Å². The van der Waals surface area contributed by atoms with Crippen molar-refractivity contribution in [1.29, 1.82) is 0 Å². The highest BCUT2D eigenvalue weighted by atomic mass is 79.9. The van der Waals surface area contributed by atoms with Crippen molar-refractivity contribution in [3.8, 4) is 5.75 Å². The number of hydrogen-bond donors (Lipinski definition) is 1. The van der Waals surface area contributed by atoms with Crippen molar-refractivity contribution in [3.63, 3.8) is 0 Å². The Balaban J connectivity index is 2.16. The predicted molar refractivity (Wildman–Crippen MR) is 82.2 cm³/mol. The number of halogens is 1. The van der Waals surface area contributed by atoms with Crippen LogP contribution >= 0.6 is 15.9 Å². The Kier molecular flexibility index (Phi) is 4.67. The van der Waals surface area contributed by atoms with Crippen LogP contribution in [0.1, 0.15) is 27.1 Å². The molecule has 0 unspecified atom stereocenters. The molecule has 6 nitrogen and oxygen atoms in total. The van der Waals surface area contributed by atoms with E-state index in [0.717, 1.165) is 0 Å². The summed E-state index contributed by atoms with van der Waals surface area (Å²) in [5, 5.41) is 20.2. The van der Waals surface area contributed by atoms with Gasteiger partial charge >= 0.3 is 0 Å². The largest absolute Gasteiger partial charge is 0.507 e. The van der Waals surface area contributed by atoms with Gasteiger partial charge in [0.2, 0.25) is 0 Å². The monoisotopic (exact) mass is 363 g/mol. The molecule has 7 heteroatoms. The molecule has 0 aromatic heterocycles. The number of hydrogen-bond acceptors (Lipinski definition) is 5. The summed E-state index contributed by atoms with van der Waals surface area (Å²) in [5.74, 6) is -1.20. The maximum Gasteiger partial charge on any atom is 0.269 e. The summed E-state index contributed by atoms with van der Waals surface area (Å²) in [5.41, 5.74) is 0.116. The van der Waals surface area contributed by atoms with Crippen LogP contribution in [0.3, 0.4) is 0 Å². The van der Waals surface area contributed by atoms with Crippen LogP contribution in [0.2, 0.25) is 0 Å². The molecule has 2 aromatic rings. The standard InChI is InChI=1S/C15H10BrNO5/c16-10-3-6-13(18)12(7-10)15(20)8-14(19)9-1-4-11(5-2-9)17(21)22/h1-7,18H,8H2. The van der Waals surface area contributed by atoms with Gasteiger partial charge in [-0.15, -0.1) is 0 Å². The van der Waals surface area contributed by atoms with Crippen LogP contribution in [0.25, 0.3) is 0 Å². The van der Waals surface area contributed by atoms with Gasteiger partial charge in [-0.3, -0.25) is 19.7 Å². The zero-order chi connectivity index (χ0) is 16.3. The van der Waals surface area contributed by atoms with Crippen LogP contribution in [0.15, 0.2) is 46.9 Å². The number of nitro groups is 1. The van der Waals surface area contributed by atoms with E-state index in [2.05, 4.69) is 15.9 Å². The number of phenolic OH excluding ortho intramolecular Hbond substituents is 1. The van der Waals surface area contributed by atoms with Gasteiger partial charge in [0.1, 0.15) is 5.75 Å². The first-order chi connectivity index (χ1) is 10.4. The molecule has 0 fully saturated rings. The molecule has 0 aliphatic rings. The third-order valence-corrected chi connectivity index (χ3v) is 3.47. The summed E-state index contributed by atoms with van der Waals surface area (Å²) >= 11 is 3.19. The Bertz CT molecular complexity index is 755. The van der Waals surface area contributed by atoms with Gasteiger partial charge in [0, 0.05) is 22.2 Å². The van der Waals surface area contributed by atoms with Gasteiger partial charge < -0.3 is 5.11 Å². The number of phenols is 1. The third kappa shape index (κ3) is 3.56. The van der Waals surface area contributed by atoms with Crippen LogP contribution < -0.4 is 0 Å². The zero-order valence-corrected chi connectivity index (χ0v) is 12.7. The van der Waals surface area contributed by atoms with Crippen LogP contribution in [-0.4, -0.2) is 21.6 Å². The molecular formula is C15H10BrNO5. The van der Waals surface area contributed by atoms with E-state index in [1.54, 1.807) is 6.07 Å². The van der Waals surface area contributed by atoms with Gasteiger partial charge in [-0.2, -0.15) is 0 Å². The number of nitrogens with zero attached hydrogens (tertiary/aromatic N) is 1. The highest BCUT2D eigenvalue weighted by molar-refractivity contribution is 9.10. The van der Waals surface area contributed by atoms with Crippen molar-refractivity contribution < 1.29 is 19.6 Å². The minimum absolute atomic E-state index is 0.0460. The molecule has 0 aliphatic heterocycles. The van der Waals surface area contributed by atoms with Crippen molar-refractivity contribution in [2.45, 2.75) is 6.42 Å². The molecule has 0 bridgehead atoms. The lowest BCUT2D eigenvalue weighted by Gasteiger charge is -2.04. The van der Waals surface area contributed by atoms with Crippen molar-refractivity contribution in [3.05, 3.63) is 68.2 Å². The second-order valence-electron chi connectivity index (χ2n) is 4.49. The maximum atomic E-state index is 12.1. The Morgan fingerprint density at radius 2 is 1.73 bits per heavy atom. The lowest BCUT2D eigenvalue weighted by molar-refractivity contribution is -0.384. The summed E-state index contributed by atoms with van der Waals surface area (Å²) in [6, 6.07) is 9.37. The topological polar surface area (TPSA) is 97.5 Å². The van der Waals surface area contributed by atoms with Crippen molar-refractivity contribution in [1.82, 2.24) is 0 Å². The van der Waals surface area contributed by atoms with Gasteiger partial charge in [-0.25, -0.2) is 0 Å². The number of nitro benzene ring substituents is 1. The Labute approximate surface area is 133 Å². The summed E-state index contributed by atoms with van der Waals surface area (Å²) in [4.78, 5) is 34.1. The van der Waals surface area contributed by atoms with E-state index in [1.165, 1.54) is 36.4 Å². The first kappa shape index (κ1) is 15.8. The lowest BCUT2D eigenvalue weighted by atomic mass is 10.0. The molecule has 0 aliphatic carbocycles. The average molecular weight is 364 g/mol. The molecule has 0 saturated heterocycles. The molecule has 0 amide bonds. The van der Waals surface area contributed by atoms with Gasteiger partial charge in [-0.1, -0.05) is 15.9 Å². The summed E-state index contributed by atoms with van der Waals surface area (Å²) in [6.07, 6.45) is -0.429. The fraction of sp³-hybridized carbons (Fsp3) is 0.0667. The summed E-state index contributed by atoms with van der Waals surface area (Å²) < 4.78 is 0.608. The van der Waals surface area contributed by atoms with Gasteiger partial charge in [-0.05, 0) is 30.3 Å². The molecule has 0 spiro atoms. The number of non-ortho nitro benzene ring substituents is 1. The summed E-state index contributed by atoms with van der Waals surface area (Å²) in [6.45, 7) is 0. The molecule has 1 N–H and O–H groups in total. The smallest absolute Gasteiger partial charge is 0.269 e. The quantitative estimate of drug-likeness (QED) is 0.379. The fourth-order valence-corrected chi connectivity index (χ4v) is 2.20. The minimum atomic E-state index is -0.570. The normalized spacial score (nSPS) is 10.2. The van der Waals surface area contributed by atoms with Crippen LogP contribution in [0.4, 0.5) is 5.69 Å². The van der Waals surface area contributed by atoms with Gasteiger partial charge in [0.05, 0.1) is 16.9 Å². The second-order valence-corrected chi connectivity index (χ2v) is 5.40. The molecule has 112 valence electrons. The summed E-state index contributed by atoms with van der Waals surface area (Å²) in [7, 11) is 0. The Hall–Kier alpha value is -2.54. The van der Waals surface area contributed by atoms with E-state index >= 15 is 0 Å². The van der Waals surface area contributed by atoms with E-state index in [-0.39, 0.29) is 22.6 Å². The van der Waals surface area contributed by atoms with Crippen molar-refractivity contribution in [2.75, 3.05) is 0 Å². The molecule has 0 saturated carbocycles. The maximum absolute atomic E-state index is 12.1. The number of benzene rings is 2. The second kappa shape index (κ2) is 6.48. The molecule has 0 atom stereocenters. The highest BCUT2D eigenvalue weighted by Gasteiger charge is 2.17. The van der Waals surface area contributed by atoms with E-state index in [4.69, 9.17) is 0 Å². The number of rotatable bonds is 5. The first-order valence-corrected chi connectivity index (χ1v) is 6.97. The Morgan fingerprint density at radius 1 is 1.09 bits per heavy atom. The number of ketones is 2. The number of carbonyl (C=O) groups is 2. The van der Waals surface area contributed by atoms with Gasteiger partial charge in [0.25, 0.3) is 5.69 Å². The predicted octanol–water partition coefficient (Wildman–Crippen LogP) is 3.52. The highest BCUT2D eigenvalue weighted by Crippen LogP contribution is 2.24.